The molecule has 0 aliphatic carbocycles. The van der Waals surface area contributed by atoms with Crippen molar-refractivity contribution in [2.24, 2.45) is 0 Å². The Morgan fingerprint density at radius 2 is 1.81 bits per heavy atom. The van der Waals surface area contributed by atoms with Crippen LogP contribution in [-0.4, -0.2) is 61.2 Å². The van der Waals surface area contributed by atoms with Gasteiger partial charge in [0.15, 0.2) is 0 Å². The molecule has 2 heterocycles. The number of hydrogen-bond donors (Lipinski definition) is 1. The summed E-state index contributed by atoms with van der Waals surface area (Å²) in [5.74, 6) is 3.63. The molecule has 1 aromatic heterocycles. The fraction of sp³-hybridized carbons (Fsp3) is 0.500. The number of anilines is 2. The van der Waals surface area contributed by atoms with E-state index in [9.17, 15) is 0 Å². The van der Waals surface area contributed by atoms with E-state index in [0.29, 0.717) is 0 Å². The molecule has 3 rings (SSSR count). The summed E-state index contributed by atoms with van der Waals surface area (Å²) in [5, 5.41) is 3.44. The molecule has 1 N–H and O–H groups in total. The molecule has 0 atom stereocenters. The summed E-state index contributed by atoms with van der Waals surface area (Å²) in [6.07, 6.45) is 0.942. The second-order valence-corrected chi connectivity index (χ2v) is 6.60. The van der Waals surface area contributed by atoms with Crippen molar-refractivity contribution in [1.29, 1.82) is 0 Å². The lowest BCUT2D eigenvalue weighted by atomic mass is 10.1. The average Bonchev–Trinajstić information content (AvgIpc) is 2.68. The number of rotatable bonds is 7. The van der Waals surface area contributed by atoms with Crippen LogP contribution in [0.5, 0.6) is 5.75 Å². The molecule has 6 nitrogen and oxygen atoms in total. The second kappa shape index (κ2) is 8.85. The predicted molar refractivity (Wildman–Crippen MR) is 106 cm³/mol. The molecule has 0 amide bonds. The van der Waals surface area contributed by atoms with Gasteiger partial charge in [0.1, 0.15) is 23.2 Å². The van der Waals surface area contributed by atoms with Gasteiger partial charge in [0.05, 0.1) is 7.11 Å². The van der Waals surface area contributed by atoms with Crippen molar-refractivity contribution < 1.29 is 4.74 Å². The molecule has 1 aromatic carbocycles. The van der Waals surface area contributed by atoms with Crippen LogP contribution in [0.15, 0.2) is 30.3 Å². The molecule has 0 radical (unpaired) electrons. The zero-order valence-electron chi connectivity index (χ0n) is 16.0. The van der Waals surface area contributed by atoms with Gasteiger partial charge in [-0.2, -0.15) is 0 Å². The van der Waals surface area contributed by atoms with Gasteiger partial charge in [-0.25, -0.2) is 9.97 Å². The minimum atomic E-state index is 0.812. The first kappa shape index (κ1) is 18.5. The van der Waals surface area contributed by atoms with Gasteiger partial charge in [0.2, 0.25) is 0 Å². The Balaban J connectivity index is 1.57. The van der Waals surface area contributed by atoms with Crippen LogP contribution < -0.4 is 15.0 Å². The normalized spacial score (nSPS) is 15.1. The van der Waals surface area contributed by atoms with E-state index >= 15 is 0 Å². The van der Waals surface area contributed by atoms with Crippen molar-refractivity contribution in [1.82, 2.24) is 14.9 Å². The fourth-order valence-electron chi connectivity index (χ4n) is 3.22. The molecule has 26 heavy (non-hydrogen) atoms. The van der Waals surface area contributed by atoms with Crippen LogP contribution in [0.2, 0.25) is 0 Å². The van der Waals surface area contributed by atoms with Gasteiger partial charge in [-0.15, -0.1) is 0 Å². The minimum Gasteiger partial charge on any atom is -0.497 e. The third-order valence-corrected chi connectivity index (χ3v) is 4.85. The first-order valence-corrected chi connectivity index (χ1v) is 9.37. The molecule has 0 saturated carbocycles. The lowest BCUT2D eigenvalue weighted by Gasteiger charge is -2.34. The number of methoxy groups -OCH3 is 1. The Morgan fingerprint density at radius 1 is 1.08 bits per heavy atom. The maximum Gasteiger partial charge on any atom is 0.134 e. The van der Waals surface area contributed by atoms with Crippen molar-refractivity contribution in [2.75, 3.05) is 56.6 Å². The number of aryl methyl sites for hydroxylation is 1. The molecule has 1 aliphatic rings. The van der Waals surface area contributed by atoms with Gasteiger partial charge in [0, 0.05) is 38.8 Å². The highest BCUT2D eigenvalue weighted by atomic mass is 16.5. The predicted octanol–water partition coefficient (Wildman–Crippen LogP) is 2.59. The zero-order valence-corrected chi connectivity index (χ0v) is 16.0. The van der Waals surface area contributed by atoms with Gasteiger partial charge in [0.25, 0.3) is 0 Å². The summed E-state index contributed by atoms with van der Waals surface area (Å²) in [6.45, 7) is 10.4. The van der Waals surface area contributed by atoms with Crippen LogP contribution in [-0.2, 0) is 6.42 Å². The first-order valence-electron chi connectivity index (χ1n) is 9.37. The number of aromatic nitrogens is 2. The minimum absolute atomic E-state index is 0.812. The van der Waals surface area contributed by atoms with Crippen molar-refractivity contribution in [3.05, 3.63) is 41.7 Å². The first-order chi connectivity index (χ1) is 12.7. The van der Waals surface area contributed by atoms with E-state index in [1.165, 1.54) is 5.56 Å². The highest BCUT2D eigenvalue weighted by Crippen LogP contribution is 2.18. The van der Waals surface area contributed by atoms with E-state index in [1.807, 2.05) is 19.1 Å². The Hall–Kier alpha value is -2.34. The molecular weight excluding hydrogens is 326 g/mol. The zero-order chi connectivity index (χ0) is 18.4. The van der Waals surface area contributed by atoms with E-state index in [-0.39, 0.29) is 0 Å². The third-order valence-electron chi connectivity index (χ3n) is 4.85. The molecule has 140 valence electrons. The topological polar surface area (TPSA) is 53.5 Å². The van der Waals surface area contributed by atoms with Gasteiger partial charge >= 0.3 is 0 Å². The third kappa shape index (κ3) is 4.85. The number of nitrogens with zero attached hydrogens (tertiary/aromatic N) is 4. The van der Waals surface area contributed by atoms with Crippen LogP contribution in [0.1, 0.15) is 18.3 Å². The van der Waals surface area contributed by atoms with Crippen LogP contribution >= 0.6 is 0 Å². The smallest absolute Gasteiger partial charge is 0.134 e. The molecule has 6 heteroatoms. The van der Waals surface area contributed by atoms with E-state index in [1.54, 1.807) is 7.11 Å². The van der Waals surface area contributed by atoms with Crippen molar-refractivity contribution >= 4 is 11.6 Å². The SMILES string of the molecule is CCN1CCN(c2cc(NCCc3ccc(OC)cc3)nc(C)n2)CC1. The van der Waals surface area contributed by atoms with Crippen molar-refractivity contribution in [3.63, 3.8) is 0 Å². The van der Waals surface area contributed by atoms with E-state index < -0.39 is 0 Å². The molecule has 0 unspecified atom stereocenters. The quantitative estimate of drug-likeness (QED) is 0.824. The van der Waals surface area contributed by atoms with E-state index in [2.05, 4.69) is 50.2 Å². The molecule has 1 fully saturated rings. The van der Waals surface area contributed by atoms with Gasteiger partial charge < -0.3 is 19.9 Å². The van der Waals surface area contributed by atoms with Crippen LogP contribution in [0.3, 0.4) is 0 Å². The summed E-state index contributed by atoms with van der Waals surface area (Å²) in [7, 11) is 1.69. The highest BCUT2D eigenvalue weighted by Gasteiger charge is 2.17. The largest absolute Gasteiger partial charge is 0.497 e. The lowest BCUT2D eigenvalue weighted by Crippen LogP contribution is -2.46. The monoisotopic (exact) mass is 355 g/mol. The molecule has 1 saturated heterocycles. The summed E-state index contributed by atoms with van der Waals surface area (Å²) in [6, 6.07) is 10.3. The van der Waals surface area contributed by atoms with E-state index in [4.69, 9.17) is 4.74 Å². The molecule has 1 aliphatic heterocycles. The number of benzene rings is 1. The average molecular weight is 355 g/mol. The lowest BCUT2D eigenvalue weighted by molar-refractivity contribution is 0.270. The van der Waals surface area contributed by atoms with Gasteiger partial charge in [-0.1, -0.05) is 19.1 Å². The van der Waals surface area contributed by atoms with Gasteiger partial charge in [-0.3, -0.25) is 0 Å². The summed E-state index contributed by atoms with van der Waals surface area (Å²) in [4.78, 5) is 14.0. The van der Waals surface area contributed by atoms with E-state index in [0.717, 1.165) is 68.9 Å². The number of nitrogens with one attached hydrogen (secondary N) is 1. The maximum absolute atomic E-state index is 5.20. The molecule has 0 spiro atoms. The number of piperazine rings is 1. The molecule has 2 aromatic rings. The second-order valence-electron chi connectivity index (χ2n) is 6.60. The number of hydrogen-bond acceptors (Lipinski definition) is 6. The summed E-state index contributed by atoms with van der Waals surface area (Å²) >= 11 is 0. The Bertz CT molecular complexity index is 696. The molecule has 0 bridgehead atoms. The number of ether oxygens (including phenoxy) is 1. The number of likely N-dealkylation sites (N-methyl/N-ethyl adjacent to an activating group) is 1. The van der Waals surface area contributed by atoms with Crippen molar-refractivity contribution in [2.45, 2.75) is 20.3 Å². The summed E-state index contributed by atoms with van der Waals surface area (Å²) in [5.41, 5.74) is 1.28. The Kier molecular flexibility index (Phi) is 6.28. The Labute approximate surface area is 156 Å². The summed E-state index contributed by atoms with van der Waals surface area (Å²) < 4.78 is 5.20. The fourth-order valence-corrected chi connectivity index (χ4v) is 3.22. The Morgan fingerprint density at radius 3 is 2.46 bits per heavy atom. The van der Waals surface area contributed by atoms with Gasteiger partial charge in [-0.05, 0) is 37.6 Å². The van der Waals surface area contributed by atoms with Crippen LogP contribution in [0.25, 0.3) is 0 Å². The molecular formula is C20H29N5O. The maximum atomic E-state index is 5.20. The van der Waals surface area contributed by atoms with Crippen LogP contribution in [0.4, 0.5) is 11.6 Å². The standard InChI is InChI=1S/C20H29N5O/c1-4-24-11-13-25(14-12-24)20-15-19(22-16(2)23-20)21-10-9-17-5-7-18(26-3)8-6-17/h5-8,15H,4,9-14H2,1-3H3,(H,21,22,23). The highest BCUT2D eigenvalue weighted by molar-refractivity contribution is 5.50. The van der Waals surface area contributed by atoms with Crippen LogP contribution in [0, 0.1) is 6.92 Å². The van der Waals surface area contributed by atoms with Crippen molar-refractivity contribution in [3.8, 4) is 5.75 Å².